The number of ether oxygens (including phenoxy) is 5. The molecule has 0 N–H and O–H groups in total. The fourth-order valence-corrected chi connectivity index (χ4v) is 6.97. The number of unbranched alkanes of at least 4 members (excludes halogenated alkanes) is 3. The van der Waals surface area contributed by atoms with E-state index in [0.29, 0.717) is 35.8 Å². The Bertz CT molecular complexity index is 1460. The Morgan fingerprint density at radius 2 is 1.34 bits per heavy atom. The van der Waals surface area contributed by atoms with E-state index in [-0.39, 0.29) is 31.8 Å². The van der Waals surface area contributed by atoms with Crippen LogP contribution in [0.5, 0.6) is 11.5 Å². The zero-order valence-electron chi connectivity index (χ0n) is 25.9. The van der Waals surface area contributed by atoms with Crippen LogP contribution in [0.4, 0.5) is 11.4 Å². The largest absolute Gasteiger partial charge is 0.496 e. The van der Waals surface area contributed by atoms with Gasteiger partial charge in [0.15, 0.2) is 0 Å². The van der Waals surface area contributed by atoms with Gasteiger partial charge < -0.3 is 28.6 Å². The molecule has 9 nitrogen and oxygen atoms in total. The molecule has 2 amide bonds. The monoisotopic (exact) mass is 620 g/mol. The summed E-state index contributed by atoms with van der Waals surface area (Å²) in [5.41, 5.74) is 4.62. The number of amides is 2. The standard InChI is InChI=1S/C34H40N2O7S/c1-5-6-7-10-17-35-27-13-15-29(40-3)25(20-36-33(37)23-11-8-9-12-24(23)34(36)38)31(27)44-32-26(21-43-22-42-19-18-39-2)30(41-4)16-14-28(32)35/h8-9,11-16H,5-7,10,17-22H2,1-4H3. The van der Waals surface area contributed by atoms with Crippen molar-refractivity contribution in [2.24, 2.45) is 0 Å². The first-order chi connectivity index (χ1) is 21.5. The van der Waals surface area contributed by atoms with E-state index >= 15 is 0 Å². The Hall–Kier alpha value is -3.57. The molecule has 3 aromatic carbocycles. The van der Waals surface area contributed by atoms with Gasteiger partial charge in [0.2, 0.25) is 0 Å². The maximum atomic E-state index is 13.4. The Kier molecular flexibility index (Phi) is 10.8. The van der Waals surface area contributed by atoms with Crippen LogP contribution in [0.25, 0.3) is 0 Å². The quantitative estimate of drug-likeness (QED) is 0.0973. The topological polar surface area (TPSA) is 86.8 Å². The normalized spacial score (nSPS) is 13.6. The maximum Gasteiger partial charge on any atom is 0.261 e. The highest BCUT2D eigenvalue weighted by atomic mass is 32.2. The molecule has 0 aromatic heterocycles. The molecule has 44 heavy (non-hydrogen) atoms. The third-order valence-corrected chi connectivity index (χ3v) is 9.21. The number of carbonyl (C=O) groups is 2. The van der Waals surface area contributed by atoms with Crippen molar-refractivity contribution in [2.75, 3.05) is 52.8 Å². The molecule has 3 aromatic rings. The predicted octanol–water partition coefficient (Wildman–Crippen LogP) is 6.82. The number of benzene rings is 3. The highest BCUT2D eigenvalue weighted by Gasteiger charge is 2.38. The number of methoxy groups -OCH3 is 3. The number of hydrogen-bond donors (Lipinski definition) is 0. The van der Waals surface area contributed by atoms with Gasteiger partial charge in [-0.3, -0.25) is 14.5 Å². The van der Waals surface area contributed by atoms with Crippen molar-refractivity contribution in [3.63, 3.8) is 0 Å². The van der Waals surface area contributed by atoms with Crippen LogP contribution >= 0.6 is 11.8 Å². The van der Waals surface area contributed by atoms with E-state index < -0.39 is 0 Å². The molecule has 0 bridgehead atoms. The fourth-order valence-electron chi connectivity index (χ4n) is 5.63. The van der Waals surface area contributed by atoms with Gasteiger partial charge in [-0.1, -0.05) is 50.1 Å². The number of anilines is 2. The minimum Gasteiger partial charge on any atom is -0.496 e. The van der Waals surface area contributed by atoms with Crippen LogP contribution in [0.3, 0.4) is 0 Å². The minimum absolute atomic E-state index is 0.0911. The third-order valence-electron chi connectivity index (χ3n) is 7.89. The molecule has 234 valence electrons. The zero-order chi connectivity index (χ0) is 31.1. The van der Waals surface area contributed by atoms with Gasteiger partial charge in [-0.2, -0.15) is 0 Å². The van der Waals surface area contributed by atoms with Crippen molar-refractivity contribution in [3.05, 3.63) is 70.8 Å². The summed E-state index contributed by atoms with van der Waals surface area (Å²) < 4.78 is 28.2. The number of imide groups is 1. The van der Waals surface area contributed by atoms with Crippen LogP contribution in [0.1, 0.15) is 64.4 Å². The lowest BCUT2D eigenvalue weighted by atomic mass is 10.1. The molecule has 0 saturated heterocycles. The molecule has 10 heteroatoms. The summed E-state index contributed by atoms with van der Waals surface area (Å²) in [6, 6.07) is 15.0. The molecule has 0 radical (unpaired) electrons. The summed E-state index contributed by atoms with van der Waals surface area (Å²) in [6.07, 6.45) is 4.45. The molecule has 2 heterocycles. The summed E-state index contributed by atoms with van der Waals surface area (Å²) >= 11 is 1.59. The Balaban J connectivity index is 1.54. The second-order valence-corrected chi connectivity index (χ2v) is 11.6. The Morgan fingerprint density at radius 3 is 1.95 bits per heavy atom. The maximum absolute atomic E-state index is 13.4. The van der Waals surface area contributed by atoms with Crippen molar-refractivity contribution >= 4 is 35.0 Å². The molecule has 0 saturated carbocycles. The van der Waals surface area contributed by atoms with E-state index in [4.69, 9.17) is 23.7 Å². The van der Waals surface area contributed by atoms with Crippen LogP contribution in [0.15, 0.2) is 58.3 Å². The van der Waals surface area contributed by atoms with E-state index in [1.165, 1.54) is 11.3 Å². The first-order valence-corrected chi connectivity index (χ1v) is 15.8. The summed E-state index contributed by atoms with van der Waals surface area (Å²) in [6.45, 7) is 4.44. The average Bonchev–Trinajstić information content (AvgIpc) is 3.29. The van der Waals surface area contributed by atoms with Crippen molar-refractivity contribution in [3.8, 4) is 11.5 Å². The van der Waals surface area contributed by atoms with E-state index in [0.717, 1.165) is 58.1 Å². The lowest BCUT2D eigenvalue weighted by Crippen LogP contribution is -2.30. The first kappa shape index (κ1) is 31.8. The lowest BCUT2D eigenvalue weighted by molar-refractivity contribution is -0.0732. The van der Waals surface area contributed by atoms with E-state index in [2.05, 4.69) is 24.0 Å². The van der Waals surface area contributed by atoms with Gasteiger partial charge in [0, 0.05) is 34.6 Å². The van der Waals surface area contributed by atoms with Crippen LogP contribution in [0.2, 0.25) is 0 Å². The summed E-state index contributed by atoms with van der Waals surface area (Å²) in [5, 5.41) is 0. The number of fused-ring (bicyclic) bond motifs is 3. The molecule has 0 unspecified atom stereocenters. The van der Waals surface area contributed by atoms with Gasteiger partial charge in [0.05, 0.1) is 63.1 Å². The van der Waals surface area contributed by atoms with Crippen LogP contribution in [-0.4, -0.2) is 64.6 Å². The molecular weight excluding hydrogens is 580 g/mol. The number of nitrogens with zero attached hydrogens (tertiary/aromatic N) is 2. The molecule has 5 rings (SSSR count). The molecule has 2 aliphatic heterocycles. The van der Waals surface area contributed by atoms with Gasteiger partial charge >= 0.3 is 0 Å². The van der Waals surface area contributed by atoms with Crippen molar-refractivity contribution in [2.45, 2.75) is 55.5 Å². The molecule has 0 fully saturated rings. The van der Waals surface area contributed by atoms with Crippen LogP contribution in [-0.2, 0) is 27.4 Å². The van der Waals surface area contributed by atoms with E-state index in [1.807, 2.05) is 12.1 Å². The van der Waals surface area contributed by atoms with Crippen LogP contribution < -0.4 is 14.4 Å². The highest BCUT2D eigenvalue weighted by molar-refractivity contribution is 7.99. The smallest absolute Gasteiger partial charge is 0.261 e. The zero-order valence-corrected chi connectivity index (χ0v) is 26.7. The van der Waals surface area contributed by atoms with Gasteiger partial charge in [-0.25, -0.2) is 0 Å². The summed E-state index contributed by atoms with van der Waals surface area (Å²) in [5.74, 6) is 0.737. The average molecular weight is 621 g/mol. The second-order valence-electron chi connectivity index (χ2n) is 10.6. The molecular formula is C34H40N2O7S. The Morgan fingerprint density at radius 1 is 0.705 bits per heavy atom. The van der Waals surface area contributed by atoms with E-state index in [1.54, 1.807) is 57.4 Å². The van der Waals surface area contributed by atoms with Gasteiger partial charge in [-0.05, 0) is 42.8 Å². The predicted molar refractivity (Wildman–Crippen MR) is 169 cm³/mol. The van der Waals surface area contributed by atoms with Gasteiger partial charge in [0.25, 0.3) is 11.8 Å². The molecule has 0 atom stereocenters. The van der Waals surface area contributed by atoms with E-state index in [9.17, 15) is 9.59 Å². The highest BCUT2D eigenvalue weighted by Crippen LogP contribution is 2.54. The number of hydrogen-bond acceptors (Lipinski definition) is 9. The Labute approximate surface area is 263 Å². The fraction of sp³-hybridized carbons (Fsp3) is 0.412. The summed E-state index contributed by atoms with van der Waals surface area (Å²) in [4.78, 5) is 32.4. The third kappa shape index (κ3) is 6.44. The van der Waals surface area contributed by atoms with Crippen LogP contribution in [0, 0.1) is 0 Å². The lowest BCUT2D eigenvalue weighted by Gasteiger charge is -2.36. The van der Waals surface area contributed by atoms with Gasteiger partial charge in [-0.15, -0.1) is 0 Å². The number of carbonyl (C=O) groups excluding carboxylic acids is 2. The summed E-state index contributed by atoms with van der Waals surface area (Å²) in [7, 11) is 4.90. The minimum atomic E-state index is -0.299. The molecule has 2 aliphatic rings. The molecule has 0 aliphatic carbocycles. The number of rotatable bonds is 16. The van der Waals surface area contributed by atoms with Crippen molar-refractivity contribution in [1.82, 2.24) is 4.90 Å². The second kappa shape index (κ2) is 14.9. The molecule has 0 spiro atoms. The van der Waals surface area contributed by atoms with Crippen molar-refractivity contribution in [1.29, 1.82) is 0 Å². The van der Waals surface area contributed by atoms with Gasteiger partial charge in [0.1, 0.15) is 18.3 Å². The SMILES string of the molecule is CCCCCCN1c2ccc(OC)c(COCOCCOC)c2Sc2c1ccc(OC)c2CN1C(=O)c2ccccc2C1=O. The van der Waals surface area contributed by atoms with Crippen molar-refractivity contribution < 1.29 is 33.3 Å². The first-order valence-electron chi connectivity index (χ1n) is 15.0.